The largest absolute Gasteiger partial charge is 0.481 e. The lowest BCUT2D eigenvalue weighted by Gasteiger charge is -2.13. The third-order valence-electron chi connectivity index (χ3n) is 4.87. The molecule has 1 amide bonds. The minimum absolute atomic E-state index is 0.0879. The van der Waals surface area contributed by atoms with E-state index in [1.807, 2.05) is 0 Å². The van der Waals surface area contributed by atoms with Gasteiger partial charge in [0.25, 0.3) is 5.91 Å². The van der Waals surface area contributed by atoms with Crippen molar-refractivity contribution >= 4 is 46.3 Å². The molecule has 1 N–H and O–H groups in total. The van der Waals surface area contributed by atoms with Crippen LogP contribution in [0, 0.1) is 6.92 Å². The summed E-state index contributed by atoms with van der Waals surface area (Å²) in [4.78, 5) is 25.0. The van der Waals surface area contributed by atoms with Crippen molar-refractivity contribution in [1.82, 2.24) is 4.90 Å². The molecule has 0 spiro atoms. The Balaban J connectivity index is 1.69. The maximum atomic E-state index is 13.2. The van der Waals surface area contributed by atoms with Crippen LogP contribution in [-0.2, 0) is 15.8 Å². The van der Waals surface area contributed by atoms with Crippen molar-refractivity contribution in [2.75, 3.05) is 6.54 Å². The second-order valence-electron chi connectivity index (χ2n) is 7.27. The van der Waals surface area contributed by atoms with Crippen LogP contribution in [0.4, 0.5) is 13.2 Å². The van der Waals surface area contributed by atoms with Gasteiger partial charge in [-0.05, 0) is 43.5 Å². The molecule has 1 aromatic heterocycles. The smallest absolute Gasteiger partial charge is 0.416 e. The number of thiocarbonyl (C=S) groups is 1. The molecule has 2 heterocycles. The quantitative estimate of drug-likeness (QED) is 0.277. The number of aliphatic carboxylic acids is 1. The number of carboxylic acid groups (broad SMARTS) is 1. The maximum Gasteiger partial charge on any atom is 0.416 e. The number of benzene rings is 1. The molecule has 0 bridgehead atoms. The standard InChI is InChI=1S/C22H20F3NO4S2/c1-13-6-7-14(11-16(13)22(23,24)25)17-9-8-15(30-17)12-18-20(29)26(21(31)32-18)10-4-2-3-5-19(27)28/h6-9,11-12H,2-5,10H2,1H3,(H,27,28)/b18-12-. The number of carbonyl (C=O) groups excluding carboxylic acids is 1. The average Bonchev–Trinajstić information content (AvgIpc) is 3.27. The normalized spacial score (nSPS) is 15.8. The topological polar surface area (TPSA) is 70.8 Å². The highest BCUT2D eigenvalue weighted by molar-refractivity contribution is 8.26. The predicted molar refractivity (Wildman–Crippen MR) is 120 cm³/mol. The first kappa shape index (κ1) is 24.1. The Hall–Kier alpha value is -2.59. The van der Waals surface area contributed by atoms with Crippen molar-refractivity contribution in [2.24, 2.45) is 0 Å². The zero-order valence-corrected chi connectivity index (χ0v) is 18.7. The molecule has 1 aromatic carbocycles. The first-order chi connectivity index (χ1) is 15.1. The molecule has 1 aliphatic heterocycles. The molecule has 1 fully saturated rings. The molecular weight excluding hydrogens is 463 g/mol. The van der Waals surface area contributed by atoms with Crippen LogP contribution in [0.2, 0.25) is 0 Å². The van der Waals surface area contributed by atoms with Crippen molar-refractivity contribution in [3.05, 3.63) is 52.1 Å². The number of carbonyl (C=O) groups is 2. The molecule has 0 aliphatic carbocycles. The monoisotopic (exact) mass is 483 g/mol. The lowest BCUT2D eigenvalue weighted by Crippen LogP contribution is -2.29. The van der Waals surface area contributed by atoms with E-state index in [4.69, 9.17) is 21.7 Å². The second-order valence-corrected chi connectivity index (χ2v) is 8.94. The van der Waals surface area contributed by atoms with Crippen LogP contribution < -0.4 is 0 Å². The van der Waals surface area contributed by atoms with Gasteiger partial charge in [-0.15, -0.1) is 0 Å². The van der Waals surface area contributed by atoms with E-state index in [1.54, 1.807) is 18.2 Å². The van der Waals surface area contributed by atoms with Crippen molar-refractivity contribution < 1.29 is 32.3 Å². The van der Waals surface area contributed by atoms with Gasteiger partial charge in [0.15, 0.2) is 0 Å². The highest BCUT2D eigenvalue weighted by Crippen LogP contribution is 2.36. The number of amides is 1. The van der Waals surface area contributed by atoms with Crippen LogP contribution in [-0.4, -0.2) is 32.7 Å². The molecule has 10 heteroatoms. The minimum atomic E-state index is -4.46. The molecule has 3 rings (SSSR count). The maximum absolute atomic E-state index is 13.2. The minimum Gasteiger partial charge on any atom is -0.481 e. The molecule has 1 saturated heterocycles. The summed E-state index contributed by atoms with van der Waals surface area (Å²) in [6.07, 6.45) is -1.02. The van der Waals surface area contributed by atoms with E-state index in [-0.39, 0.29) is 29.2 Å². The summed E-state index contributed by atoms with van der Waals surface area (Å²) in [7, 11) is 0. The molecule has 5 nitrogen and oxygen atoms in total. The Morgan fingerprint density at radius 2 is 1.97 bits per heavy atom. The van der Waals surface area contributed by atoms with E-state index < -0.39 is 17.7 Å². The van der Waals surface area contributed by atoms with Crippen molar-refractivity contribution in [3.63, 3.8) is 0 Å². The molecule has 2 aromatic rings. The number of rotatable bonds is 8. The number of carboxylic acids is 1. The summed E-state index contributed by atoms with van der Waals surface area (Å²) in [5.41, 5.74) is -0.312. The number of thioether (sulfide) groups is 1. The first-order valence-electron chi connectivity index (χ1n) is 9.81. The summed E-state index contributed by atoms with van der Waals surface area (Å²) < 4.78 is 45.6. The van der Waals surface area contributed by atoms with E-state index in [9.17, 15) is 22.8 Å². The second kappa shape index (κ2) is 9.91. The SMILES string of the molecule is Cc1ccc(-c2ccc(/C=C3\SC(=S)N(CCCCCC(=O)O)C3=O)o2)cc1C(F)(F)F. The number of hydrogen-bond donors (Lipinski definition) is 1. The van der Waals surface area contributed by atoms with Gasteiger partial charge in [0.1, 0.15) is 15.8 Å². The lowest BCUT2D eigenvalue weighted by molar-refractivity contribution is -0.138. The molecule has 0 radical (unpaired) electrons. The van der Waals surface area contributed by atoms with Gasteiger partial charge in [-0.25, -0.2) is 0 Å². The molecule has 0 saturated carbocycles. The Kier molecular flexibility index (Phi) is 7.45. The molecule has 1 aliphatic rings. The fourth-order valence-electron chi connectivity index (χ4n) is 3.21. The van der Waals surface area contributed by atoms with Gasteiger partial charge < -0.3 is 9.52 Å². The van der Waals surface area contributed by atoms with Gasteiger partial charge in [0.05, 0.1) is 10.5 Å². The van der Waals surface area contributed by atoms with Crippen molar-refractivity contribution in [1.29, 1.82) is 0 Å². The number of hydrogen-bond acceptors (Lipinski definition) is 5. The Labute approximate surface area is 192 Å². The van der Waals surface area contributed by atoms with E-state index in [0.717, 1.165) is 17.8 Å². The number of nitrogens with zero attached hydrogens (tertiary/aromatic N) is 1. The van der Waals surface area contributed by atoms with Gasteiger partial charge in [0, 0.05) is 24.6 Å². The summed E-state index contributed by atoms with van der Waals surface area (Å²) in [6, 6.07) is 7.13. The van der Waals surface area contributed by atoms with Crippen LogP contribution in [0.5, 0.6) is 0 Å². The predicted octanol–water partition coefficient (Wildman–Crippen LogP) is 6.12. The molecule has 0 atom stereocenters. The van der Waals surface area contributed by atoms with Crippen LogP contribution in [0.15, 0.2) is 39.7 Å². The van der Waals surface area contributed by atoms with E-state index in [0.29, 0.717) is 40.8 Å². The summed E-state index contributed by atoms with van der Waals surface area (Å²) in [5.74, 6) is -0.533. The van der Waals surface area contributed by atoms with Crippen LogP contribution >= 0.6 is 24.0 Å². The summed E-state index contributed by atoms with van der Waals surface area (Å²) in [5, 5.41) is 8.66. The van der Waals surface area contributed by atoms with Crippen LogP contribution in [0.25, 0.3) is 17.4 Å². The van der Waals surface area contributed by atoms with Gasteiger partial charge >= 0.3 is 12.1 Å². The highest BCUT2D eigenvalue weighted by atomic mass is 32.2. The lowest BCUT2D eigenvalue weighted by atomic mass is 10.0. The fraction of sp³-hybridized carbons (Fsp3) is 0.318. The van der Waals surface area contributed by atoms with Gasteiger partial charge in [-0.2, -0.15) is 13.2 Å². The first-order valence-corrected chi connectivity index (χ1v) is 11.0. The van der Waals surface area contributed by atoms with Gasteiger partial charge in [-0.3, -0.25) is 14.5 Å². The van der Waals surface area contributed by atoms with Gasteiger partial charge in [-0.1, -0.05) is 42.5 Å². The van der Waals surface area contributed by atoms with E-state index in [2.05, 4.69) is 0 Å². The van der Waals surface area contributed by atoms with Gasteiger partial charge in [0.2, 0.25) is 0 Å². The van der Waals surface area contributed by atoms with E-state index >= 15 is 0 Å². The third-order valence-corrected chi connectivity index (χ3v) is 6.25. The number of unbranched alkanes of at least 4 members (excludes halogenated alkanes) is 2. The highest BCUT2D eigenvalue weighted by Gasteiger charge is 2.33. The Bertz CT molecular complexity index is 1080. The molecule has 170 valence electrons. The molecular formula is C22H20F3NO4S2. The van der Waals surface area contributed by atoms with E-state index in [1.165, 1.54) is 24.0 Å². The third kappa shape index (κ3) is 5.80. The fourth-order valence-corrected chi connectivity index (χ4v) is 4.50. The average molecular weight is 484 g/mol. The van der Waals surface area contributed by atoms with Crippen molar-refractivity contribution in [3.8, 4) is 11.3 Å². The summed E-state index contributed by atoms with van der Waals surface area (Å²) >= 11 is 6.39. The summed E-state index contributed by atoms with van der Waals surface area (Å²) in [6.45, 7) is 1.79. The van der Waals surface area contributed by atoms with Crippen LogP contribution in [0.3, 0.4) is 0 Å². The number of furan rings is 1. The van der Waals surface area contributed by atoms with Crippen LogP contribution in [0.1, 0.15) is 42.6 Å². The zero-order chi connectivity index (χ0) is 23.5. The number of alkyl halides is 3. The van der Waals surface area contributed by atoms with Crippen molar-refractivity contribution in [2.45, 2.75) is 38.8 Å². The molecule has 32 heavy (non-hydrogen) atoms. The Morgan fingerprint density at radius 3 is 2.66 bits per heavy atom. The molecule has 0 unspecified atom stereocenters. The number of halogens is 3. The zero-order valence-electron chi connectivity index (χ0n) is 17.1. The number of aryl methyl sites for hydroxylation is 1. The Morgan fingerprint density at radius 1 is 1.22 bits per heavy atom.